The molecular weight excluding hydrogens is 290 g/mol. The van der Waals surface area contributed by atoms with Crippen LogP contribution in [0.4, 0.5) is 0 Å². The molecule has 0 saturated heterocycles. The molecule has 0 fully saturated rings. The molecule has 1 aromatic carbocycles. The molecule has 0 spiro atoms. The Labute approximate surface area is 126 Å². The van der Waals surface area contributed by atoms with E-state index in [9.17, 15) is 9.59 Å². The molecule has 0 aromatic heterocycles. The normalized spacial score (nSPS) is 18.4. The van der Waals surface area contributed by atoms with Crippen molar-refractivity contribution in [2.24, 2.45) is 0 Å². The zero-order chi connectivity index (χ0) is 15.2. The lowest BCUT2D eigenvalue weighted by Crippen LogP contribution is -2.41. The summed E-state index contributed by atoms with van der Waals surface area (Å²) >= 11 is 1.14. The van der Waals surface area contributed by atoms with E-state index in [0.29, 0.717) is 11.3 Å². The number of hydroxylamine groups is 1. The van der Waals surface area contributed by atoms with E-state index in [1.54, 1.807) is 5.48 Å². The van der Waals surface area contributed by atoms with Gasteiger partial charge in [-0.25, -0.2) is 5.48 Å². The molecule has 0 aliphatic carbocycles. The highest BCUT2D eigenvalue weighted by Crippen LogP contribution is 2.25. The fourth-order valence-electron chi connectivity index (χ4n) is 2.08. The Kier molecular flexibility index (Phi) is 5.24. The summed E-state index contributed by atoms with van der Waals surface area (Å²) < 4.78 is 0. The van der Waals surface area contributed by atoms with Crippen LogP contribution in [0, 0.1) is 0 Å². The second kappa shape index (κ2) is 7.14. The zero-order valence-electron chi connectivity index (χ0n) is 11.5. The monoisotopic (exact) mass is 307 g/mol. The van der Waals surface area contributed by atoms with Crippen LogP contribution in [0.1, 0.15) is 24.8 Å². The van der Waals surface area contributed by atoms with Gasteiger partial charge in [-0.3, -0.25) is 14.8 Å². The van der Waals surface area contributed by atoms with Crippen LogP contribution < -0.4 is 16.1 Å². The first kappa shape index (κ1) is 15.4. The maximum atomic E-state index is 12.3. The van der Waals surface area contributed by atoms with Crippen molar-refractivity contribution in [2.75, 3.05) is 0 Å². The third kappa shape index (κ3) is 3.77. The zero-order valence-corrected chi connectivity index (χ0v) is 12.3. The Morgan fingerprint density at radius 3 is 2.71 bits per heavy atom. The molecule has 21 heavy (non-hydrogen) atoms. The van der Waals surface area contributed by atoms with Crippen LogP contribution in [-0.4, -0.2) is 22.5 Å². The van der Waals surface area contributed by atoms with Crippen molar-refractivity contribution in [2.45, 2.75) is 24.8 Å². The maximum absolute atomic E-state index is 12.3. The van der Waals surface area contributed by atoms with Crippen LogP contribution in [0.25, 0.3) is 0 Å². The highest BCUT2D eigenvalue weighted by molar-refractivity contribution is 8.04. The Hall–Kier alpha value is -1.99. The molecule has 6 nitrogen and oxygen atoms in total. The quantitative estimate of drug-likeness (QED) is 0.486. The molecular formula is C14H17N3O3S. The summed E-state index contributed by atoms with van der Waals surface area (Å²) in [6, 6.07) is 9.56. The maximum Gasteiger partial charge on any atom is 0.282 e. The molecule has 2 unspecified atom stereocenters. The molecule has 1 aliphatic heterocycles. The van der Waals surface area contributed by atoms with Gasteiger partial charge in [-0.05, 0) is 12.0 Å². The number of carbonyl (C=O) groups excluding carboxylic acids is 2. The standard InChI is InChI=1S/C14H17N3O3S/c1-2-10(9-6-4-3-5-7-9)12(18)16-14-15-8-11(21-14)13(19)17-20/h3-8,10,14-15,20H,2H2,1H3,(H,16,18)(H,17,19). The van der Waals surface area contributed by atoms with Gasteiger partial charge in [-0.1, -0.05) is 49.0 Å². The highest BCUT2D eigenvalue weighted by Gasteiger charge is 2.26. The molecule has 1 aromatic rings. The molecule has 0 bridgehead atoms. The minimum atomic E-state index is -0.598. The molecule has 7 heteroatoms. The van der Waals surface area contributed by atoms with E-state index < -0.39 is 11.4 Å². The van der Waals surface area contributed by atoms with Gasteiger partial charge in [0.25, 0.3) is 5.91 Å². The van der Waals surface area contributed by atoms with Crippen molar-refractivity contribution in [1.29, 1.82) is 0 Å². The fourth-order valence-corrected chi connectivity index (χ4v) is 2.93. The average molecular weight is 307 g/mol. The lowest BCUT2D eigenvalue weighted by Gasteiger charge is -2.19. The third-order valence-electron chi connectivity index (χ3n) is 3.14. The van der Waals surface area contributed by atoms with Gasteiger partial charge in [0, 0.05) is 6.20 Å². The minimum Gasteiger partial charge on any atom is -0.361 e. The number of rotatable bonds is 5. The van der Waals surface area contributed by atoms with Gasteiger partial charge in [0.1, 0.15) is 0 Å². The van der Waals surface area contributed by atoms with Crippen molar-refractivity contribution in [1.82, 2.24) is 16.1 Å². The van der Waals surface area contributed by atoms with Gasteiger partial charge < -0.3 is 10.6 Å². The molecule has 2 amide bonds. The second-order valence-electron chi connectivity index (χ2n) is 4.49. The first-order chi connectivity index (χ1) is 10.2. The van der Waals surface area contributed by atoms with Crippen molar-refractivity contribution in [3.05, 3.63) is 47.0 Å². The average Bonchev–Trinajstić information content (AvgIpc) is 2.96. The third-order valence-corrected chi connectivity index (χ3v) is 4.18. The van der Waals surface area contributed by atoms with Crippen molar-refractivity contribution < 1.29 is 14.8 Å². The van der Waals surface area contributed by atoms with Gasteiger partial charge in [-0.15, -0.1) is 0 Å². The van der Waals surface area contributed by atoms with Gasteiger partial charge in [0.05, 0.1) is 10.8 Å². The van der Waals surface area contributed by atoms with Gasteiger partial charge in [-0.2, -0.15) is 0 Å². The molecule has 2 atom stereocenters. The minimum absolute atomic E-state index is 0.104. The number of benzene rings is 1. The predicted octanol–water partition coefficient (Wildman–Crippen LogP) is 1.26. The van der Waals surface area contributed by atoms with E-state index >= 15 is 0 Å². The van der Waals surface area contributed by atoms with Gasteiger partial charge in [0.15, 0.2) is 5.50 Å². The Morgan fingerprint density at radius 1 is 1.38 bits per heavy atom. The van der Waals surface area contributed by atoms with E-state index in [1.165, 1.54) is 6.20 Å². The summed E-state index contributed by atoms with van der Waals surface area (Å²) in [5, 5.41) is 14.3. The summed E-state index contributed by atoms with van der Waals surface area (Å²) in [6.45, 7) is 1.95. The van der Waals surface area contributed by atoms with E-state index in [4.69, 9.17) is 5.21 Å². The smallest absolute Gasteiger partial charge is 0.282 e. The van der Waals surface area contributed by atoms with Crippen molar-refractivity contribution >= 4 is 23.6 Å². The molecule has 1 aliphatic rings. The lowest BCUT2D eigenvalue weighted by atomic mass is 9.96. The Balaban J connectivity index is 1.95. The molecule has 4 N–H and O–H groups in total. The molecule has 112 valence electrons. The molecule has 2 rings (SSSR count). The van der Waals surface area contributed by atoms with E-state index in [0.717, 1.165) is 17.3 Å². The Morgan fingerprint density at radius 2 is 2.10 bits per heavy atom. The van der Waals surface area contributed by atoms with Crippen molar-refractivity contribution in [3.8, 4) is 0 Å². The van der Waals surface area contributed by atoms with Crippen LogP contribution in [-0.2, 0) is 9.59 Å². The van der Waals surface area contributed by atoms with Crippen LogP contribution in [0.3, 0.4) is 0 Å². The van der Waals surface area contributed by atoms with E-state index in [1.807, 2.05) is 37.3 Å². The van der Waals surface area contributed by atoms with Crippen LogP contribution in [0.2, 0.25) is 0 Å². The van der Waals surface area contributed by atoms with Gasteiger partial charge in [0.2, 0.25) is 5.91 Å². The molecule has 0 radical (unpaired) electrons. The Bertz CT molecular complexity index is 548. The fraction of sp³-hybridized carbons (Fsp3) is 0.286. The highest BCUT2D eigenvalue weighted by atomic mass is 32.2. The topological polar surface area (TPSA) is 90.5 Å². The molecule has 0 saturated carbocycles. The summed E-state index contributed by atoms with van der Waals surface area (Å²) in [4.78, 5) is 23.9. The molecule has 1 heterocycles. The number of carbonyl (C=O) groups is 2. The summed E-state index contributed by atoms with van der Waals surface area (Å²) in [6.07, 6.45) is 2.15. The SMILES string of the molecule is CCC(C(=O)NC1NC=C(C(=O)NO)S1)c1ccccc1. The summed E-state index contributed by atoms with van der Waals surface area (Å²) in [7, 11) is 0. The number of nitrogens with one attached hydrogen (secondary N) is 3. The number of hydrogen-bond acceptors (Lipinski definition) is 5. The largest absolute Gasteiger partial charge is 0.361 e. The van der Waals surface area contributed by atoms with Crippen LogP contribution in [0.5, 0.6) is 0 Å². The lowest BCUT2D eigenvalue weighted by molar-refractivity contribution is -0.124. The predicted molar refractivity (Wildman–Crippen MR) is 80.1 cm³/mol. The van der Waals surface area contributed by atoms with E-state index in [2.05, 4.69) is 10.6 Å². The second-order valence-corrected chi connectivity index (χ2v) is 5.64. The summed E-state index contributed by atoms with van der Waals surface area (Å²) in [5.41, 5.74) is 2.11. The summed E-state index contributed by atoms with van der Waals surface area (Å²) in [5.74, 6) is -0.934. The van der Waals surface area contributed by atoms with Crippen LogP contribution >= 0.6 is 11.8 Å². The van der Waals surface area contributed by atoms with Gasteiger partial charge >= 0.3 is 0 Å². The first-order valence-corrected chi connectivity index (χ1v) is 7.46. The van der Waals surface area contributed by atoms with Crippen LogP contribution in [0.15, 0.2) is 41.4 Å². The van der Waals surface area contributed by atoms with Crippen molar-refractivity contribution in [3.63, 3.8) is 0 Å². The number of hydrogen-bond donors (Lipinski definition) is 4. The first-order valence-electron chi connectivity index (χ1n) is 6.58. The number of thioether (sulfide) groups is 1. The van der Waals surface area contributed by atoms with E-state index in [-0.39, 0.29) is 11.8 Å². The number of amides is 2.